The SMILES string of the molecule is Cc1ccc(-c2cn3c(C(=O)N4CCN(CCc5ccccc5)CC4)csc3n2)cc1. The van der Waals surface area contributed by atoms with Gasteiger partial charge >= 0.3 is 0 Å². The number of amides is 1. The molecule has 5 nitrogen and oxygen atoms in total. The molecule has 0 bridgehead atoms. The molecule has 4 aromatic rings. The number of aromatic nitrogens is 2. The highest BCUT2D eigenvalue weighted by Gasteiger charge is 2.25. The van der Waals surface area contributed by atoms with Crippen molar-refractivity contribution < 1.29 is 4.79 Å². The van der Waals surface area contributed by atoms with E-state index in [9.17, 15) is 4.79 Å². The second kappa shape index (κ2) is 8.65. The quantitative estimate of drug-likeness (QED) is 0.472. The Kier molecular flexibility index (Phi) is 5.57. The fourth-order valence-corrected chi connectivity index (χ4v) is 4.92. The first kappa shape index (κ1) is 20.0. The summed E-state index contributed by atoms with van der Waals surface area (Å²) in [5.41, 5.74) is 5.29. The van der Waals surface area contributed by atoms with Gasteiger partial charge in [-0.2, -0.15) is 0 Å². The number of nitrogens with zero attached hydrogens (tertiary/aromatic N) is 4. The smallest absolute Gasteiger partial charge is 0.271 e. The van der Waals surface area contributed by atoms with E-state index in [4.69, 9.17) is 4.98 Å². The molecule has 3 heterocycles. The first-order valence-electron chi connectivity index (χ1n) is 10.8. The van der Waals surface area contributed by atoms with E-state index in [0.717, 1.165) is 55.4 Å². The number of carbonyl (C=O) groups excluding carboxylic acids is 1. The molecule has 1 amide bonds. The molecule has 0 N–H and O–H groups in total. The zero-order valence-corrected chi connectivity index (χ0v) is 18.5. The lowest BCUT2D eigenvalue weighted by Gasteiger charge is -2.34. The van der Waals surface area contributed by atoms with Gasteiger partial charge < -0.3 is 4.90 Å². The monoisotopic (exact) mass is 430 g/mol. The van der Waals surface area contributed by atoms with Gasteiger partial charge in [-0.25, -0.2) is 4.98 Å². The van der Waals surface area contributed by atoms with E-state index in [1.807, 2.05) is 20.9 Å². The second-order valence-corrected chi connectivity index (χ2v) is 8.97. The van der Waals surface area contributed by atoms with E-state index in [-0.39, 0.29) is 5.91 Å². The molecule has 1 aliphatic heterocycles. The summed E-state index contributed by atoms with van der Waals surface area (Å²) in [6.45, 7) is 6.49. The van der Waals surface area contributed by atoms with Crippen LogP contribution in [0.25, 0.3) is 16.2 Å². The highest BCUT2D eigenvalue weighted by atomic mass is 32.1. The molecule has 158 valence electrons. The third-order valence-electron chi connectivity index (χ3n) is 5.99. The molecule has 0 saturated carbocycles. The van der Waals surface area contributed by atoms with Gasteiger partial charge in [0.05, 0.1) is 5.69 Å². The summed E-state index contributed by atoms with van der Waals surface area (Å²) in [6.07, 6.45) is 3.04. The first-order chi connectivity index (χ1) is 15.2. The molecule has 5 rings (SSSR count). The second-order valence-electron chi connectivity index (χ2n) is 8.14. The molecule has 6 heteroatoms. The maximum atomic E-state index is 13.2. The van der Waals surface area contributed by atoms with Crippen LogP contribution in [0.2, 0.25) is 0 Å². The lowest BCUT2D eigenvalue weighted by atomic mass is 10.1. The van der Waals surface area contributed by atoms with Gasteiger partial charge in [-0.05, 0) is 18.9 Å². The molecular weight excluding hydrogens is 404 g/mol. The highest BCUT2D eigenvalue weighted by Crippen LogP contribution is 2.25. The van der Waals surface area contributed by atoms with Gasteiger partial charge in [-0.15, -0.1) is 11.3 Å². The first-order valence-corrected chi connectivity index (χ1v) is 11.6. The number of benzene rings is 2. The van der Waals surface area contributed by atoms with Crippen molar-refractivity contribution in [2.45, 2.75) is 13.3 Å². The van der Waals surface area contributed by atoms with Crippen molar-refractivity contribution in [1.29, 1.82) is 0 Å². The summed E-state index contributed by atoms with van der Waals surface area (Å²) >= 11 is 1.53. The van der Waals surface area contributed by atoms with Crippen molar-refractivity contribution in [2.75, 3.05) is 32.7 Å². The maximum absolute atomic E-state index is 13.2. The zero-order chi connectivity index (χ0) is 21.2. The van der Waals surface area contributed by atoms with Crippen molar-refractivity contribution in [3.8, 4) is 11.3 Å². The van der Waals surface area contributed by atoms with Crippen molar-refractivity contribution >= 4 is 22.2 Å². The van der Waals surface area contributed by atoms with Crippen LogP contribution >= 0.6 is 11.3 Å². The Hall–Kier alpha value is -2.96. The van der Waals surface area contributed by atoms with E-state index in [1.54, 1.807) is 0 Å². The van der Waals surface area contributed by atoms with Gasteiger partial charge in [0.1, 0.15) is 5.69 Å². The van der Waals surface area contributed by atoms with Gasteiger partial charge in [0.2, 0.25) is 0 Å². The van der Waals surface area contributed by atoms with Crippen molar-refractivity contribution in [2.24, 2.45) is 0 Å². The Morgan fingerprint density at radius 2 is 1.74 bits per heavy atom. The molecule has 0 radical (unpaired) electrons. The molecule has 1 fully saturated rings. The molecule has 2 aromatic heterocycles. The third kappa shape index (κ3) is 4.27. The number of thiazole rings is 1. The predicted molar refractivity (Wildman–Crippen MR) is 126 cm³/mol. The number of piperazine rings is 1. The van der Waals surface area contributed by atoms with E-state index in [1.165, 1.54) is 22.5 Å². The predicted octanol–water partition coefficient (Wildman–Crippen LogP) is 4.37. The Labute approximate surface area is 186 Å². The van der Waals surface area contributed by atoms with Crippen LogP contribution in [-0.4, -0.2) is 57.8 Å². The van der Waals surface area contributed by atoms with Gasteiger partial charge in [-0.1, -0.05) is 60.2 Å². The summed E-state index contributed by atoms with van der Waals surface area (Å²) < 4.78 is 1.95. The molecule has 0 atom stereocenters. The minimum atomic E-state index is 0.0989. The minimum absolute atomic E-state index is 0.0989. The van der Waals surface area contributed by atoms with Gasteiger partial charge in [0.25, 0.3) is 5.91 Å². The molecule has 2 aromatic carbocycles. The molecule has 31 heavy (non-hydrogen) atoms. The van der Waals surface area contributed by atoms with E-state index < -0.39 is 0 Å². The van der Waals surface area contributed by atoms with E-state index in [2.05, 4.69) is 66.4 Å². The Balaban J connectivity index is 1.24. The zero-order valence-electron chi connectivity index (χ0n) is 17.7. The molecule has 0 spiro atoms. The summed E-state index contributed by atoms with van der Waals surface area (Å²) in [4.78, 5) is 23.2. The van der Waals surface area contributed by atoms with Gasteiger partial charge in [0, 0.05) is 49.9 Å². The van der Waals surface area contributed by atoms with Crippen LogP contribution in [0.4, 0.5) is 0 Å². The summed E-state index contributed by atoms with van der Waals surface area (Å²) in [7, 11) is 0. The van der Waals surface area contributed by atoms with Gasteiger partial charge in [-0.3, -0.25) is 14.1 Å². The van der Waals surface area contributed by atoms with Crippen molar-refractivity contribution in [3.63, 3.8) is 0 Å². The lowest BCUT2D eigenvalue weighted by Crippen LogP contribution is -2.49. The average Bonchev–Trinajstić information content (AvgIpc) is 3.40. The highest BCUT2D eigenvalue weighted by molar-refractivity contribution is 7.15. The largest absolute Gasteiger partial charge is 0.335 e. The molecule has 1 aliphatic rings. The number of carbonyl (C=O) groups is 1. The Morgan fingerprint density at radius 1 is 1.00 bits per heavy atom. The van der Waals surface area contributed by atoms with Crippen LogP contribution in [0.3, 0.4) is 0 Å². The fourth-order valence-electron chi connectivity index (χ4n) is 4.07. The van der Waals surface area contributed by atoms with Crippen LogP contribution in [-0.2, 0) is 6.42 Å². The number of aryl methyl sites for hydroxylation is 1. The van der Waals surface area contributed by atoms with Crippen LogP contribution in [0.5, 0.6) is 0 Å². The van der Waals surface area contributed by atoms with E-state index in [0.29, 0.717) is 5.69 Å². The number of hydrogen-bond acceptors (Lipinski definition) is 4. The number of rotatable bonds is 5. The maximum Gasteiger partial charge on any atom is 0.271 e. The van der Waals surface area contributed by atoms with Crippen LogP contribution in [0.15, 0.2) is 66.2 Å². The molecule has 1 saturated heterocycles. The summed E-state index contributed by atoms with van der Waals surface area (Å²) in [5, 5.41) is 1.94. The number of hydrogen-bond donors (Lipinski definition) is 0. The topological polar surface area (TPSA) is 40.9 Å². The van der Waals surface area contributed by atoms with Gasteiger partial charge in [0.15, 0.2) is 4.96 Å². The van der Waals surface area contributed by atoms with Crippen molar-refractivity contribution in [1.82, 2.24) is 19.2 Å². The normalized spacial score (nSPS) is 14.9. The molecule has 0 aliphatic carbocycles. The Morgan fingerprint density at radius 3 is 2.48 bits per heavy atom. The average molecular weight is 431 g/mol. The Bertz CT molecular complexity index is 1170. The van der Waals surface area contributed by atoms with Crippen LogP contribution < -0.4 is 0 Å². The number of imidazole rings is 1. The summed E-state index contributed by atoms with van der Waals surface area (Å²) in [6, 6.07) is 18.9. The minimum Gasteiger partial charge on any atom is -0.335 e. The van der Waals surface area contributed by atoms with E-state index >= 15 is 0 Å². The molecule has 0 unspecified atom stereocenters. The summed E-state index contributed by atoms with van der Waals surface area (Å²) in [5.74, 6) is 0.0989. The standard InChI is InChI=1S/C25H26N4OS/c1-19-7-9-21(10-8-19)22-17-29-23(18-31-25(29)26-22)24(30)28-15-13-27(14-16-28)12-11-20-5-3-2-4-6-20/h2-10,17-18H,11-16H2,1H3. The lowest BCUT2D eigenvalue weighted by molar-refractivity contribution is 0.0632. The number of fused-ring (bicyclic) bond motifs is 1. The van der Waals surface area contributed by atoms with Crippen LogP contribution in [0.1, 0.15) is 21.6 Å². The molecular formula is C25H26N4OS. The van der Waals surface area contributed by atoms with Crippen molar-refractivity contribution in [3.05, 3.63) is 83.0 Å². The fraction of sp³-hybridized carbons (Fsp3) is 0.280. The third-order valence-corrected chi connectivity index (χ3v) is 6.83. The van der Waals surface area contributed by atoms with Crippen LogP contribution in [0, 0.1) is 6.92 Å².